The molecule has 0 saturated carbocycles. The summed E-state index contributed by atoms with van der Waals surface area (Å²) in [5.74, 6) is 0.299. The molecule has 0 radical (unpaired) electrons. The second kappa shape index (κ2) is 5.25. The van der Waals surface area contributed by atoms with Gasteiger partial charge in [0, 0.05) is 17.0 Å². The van der Waals surface area contributed by atoms with E-state index in [4.69, 9.17) is 10.5 Å². The molecule has 0 unspecified atom stereocenters. The zero-order valence-corrected chi connectivity index (χ0v) is 10.2. The van der Waals surface area contributed by atoms with E-state index in [0.717, 1.165) is 5.69 Å². The molecule has 5 heteroatoms. The highest BCUT2D eigenvalue weighted by atomic mass is 32.1. The smallest absolute Gasteiger partial charge is 0.131 e. The Labute approximate surface area is 103 Å². The third kappa shape index (κ3) is 3.01. The lowest BCUT2D eigenvalue weighted by atomic mass is 10.1. The summed E-state index contributed by atoms with van der Waals surface area (Å²) < 4.78 is 18.7. The van der Waals surface area contributed by atoms with Gasteiger partial charge in [0.05, 0.1) is 11.2 Å². The standard InChI is InChI=1S/C12H13FN2OS/c1-8(14)11-4-9(13)2-3-12(11)16-5-10-6-17-7-15-10/h2-4,6-8H,5,14H2,1H3/t8-/m0/s1. The van der Waals surface area contributed by atoms with Crippen molar-refractivity contribution in [2.45, 2.75) is 19.6 Å². The molecule has 2 N–H and O–H groups in total. The molecule has 0 aliphatic carbocycles. The number of hydrogen-bond donors (Lipinski definition) is 1. The predicted molar refractivity (Wildman–Crippen MR) is 65.4 cm³/mol. The molecule has 0 aliphatic heterocycles. The van der Waals surface area contributed by atoms with Crippen LogP contribution >= 0.6 is 11.3 Å². The Morgan fingerprint density at radius 2 is 2.35 bits per heavy atom. The Kier molecular flexibility index (Phi) is 3.71. The highest BCUT2D eigenvalue weighted by Crippen LogP contribution is 2.25. The monoisotopic (exact) mass is 252 g/mol. The molecule has 90 valence electrons. The zero-order valence-electron chi connectivity index (χ0n) is 9.39. The average molecular weight is 252 g/mol. The molecule has 2 aromatic rings. The lowest BCUT2D eigenvalue weighted by molar-refractivity contribution is 0.297. The molecule has 0 amide bonds. The minimum atomic E-state index is -0.307. The van der Waals surface area contributed by atoms with Crippen molar-refractivity contribution in [2.24, 2.45) is 5.73 Å². The largest absolute Gasteiger partial charge is 0.487 e. The topological polar surface area (TPSA) is 48.1 Å². The first-order chi connectivity index (χ1) is 8.16. The second-order valence-corrected chi connectivity index (χ2v) is 4.46. The van der Waals surface area contributed by atoms with Gasteiger partial charge in [-0.1, -0.05) is 0 Å². The Morgan fingerprint density at radius 3 is 3.00 bits per heavy atom. The number of thiazole rings is 1. The summed E-state index contributed by atoms with van der Waals surface area (Å²) in [4.78, 5) is 4.11. The van der Waals surface area contributed by atoms with Gasteiger partial charge in [0.15, 0.2) is 0 Å². The highest BCUT2D eigenvalue weighted by molar-refractivity contribution is 7.07. The molecule has 1 heterocycles. The number of aromatic nitrogens is 1. The lowest BCUT2D eigenvalue weighted by Gasteiger charge is -2.13. The van der Waals surface area contributed by atoms with Crippen molar-refractivity contribution in [1.82, 2.24) is 4.98 Å². The van der Waals surface area contributed by atoms with Crippen LogP contribution in [0.1, 0.15) is 24.2 Å². The normalized spacial score (nSPS) is 12.4. The quantitative estimate of drug-likeness (QED) is 0.910. The van der Waals surface area contributed by atoms with Crippen molar-refractivity contribution < 1.29 is 9.13 Å². The van der Waals surface area contributed by atoms with Gasteiger partial charge in [-0.25, -0.2) is 9.37 Å². The number of hydrogen-bond acceptors (Lipinski definition) is 4. The first-order valence-corrected chi connectivity index (χ1v) is 6.16. The maximum Gasteiger partial charge on any atom is 0.131 e. The lowest BCUT2D eigenvalue weighted by Crippen LogP contribution is -2.08. The van der Waals surface area contributed by atoms with Crippen molar-refractivity contribution in [3.05, 3.63) is 46.2 Å². The molecule has 0 fully saturated rings. The van der Waals surface area contributed by atoms with Crippen molar-refractivity contribution in [3.8, 4) is 5.75 Å². The van der Waals surface area contributed by atoms with Gasteiger partial charge >= 0.3 is 0 Å². The van der Waals surface area contributed by atoms with Crippen LogP contribution in [-0.2, 0) is 6.61 Å². The van der Waals surface area contributed by atoms with E-state index in [2.05, 4.69) is 4.98 Å². The van der Waals surface area contributed by atoms with Crippen LogP contribution < -0.4 is 10.5 Å². The molecule has 0 aliphatic rings. The molecule has 1 aromatic heterocycles. The highest BCUT2D eigenvalue weighted by Gasteiger charge is 2.10. The Morgan fingerprint density at radius 1 is 1.53 bits per heavy atom. The van der Waals surface area contributed by atoms with Crippen molar-refractivity contribution in [2.75, 3.05) is 0 Å². The molecule has 2 rings (SSSR count). The van der Waals surface area contributed by atoms with Crippen LogP contribution in [-0.4, -0.2) is 4.98 Å². The summed E-state index contributed by atoms with van der Waals surface area (Å²) >= 11 is 1.51. The summed E-state index contributed by atoms with van der Waals surface area (Å²) in [7, 11) is 0. The van der Waals surface area contributed by atoms with Crippen molar-refractivity contribution in [1.29, 1.82) is 0 Å². The van der Waals surface area contributed by atoms with E-state index < -0.39 is 0 Å². The second-order valence-electron chi connectivity index (χ2n) is 3.74. The Bertz CT molecular complexity index is 485. The van der Waals surface area contributed by atoms with Crippen LogP contribution in [0.3, 0.4) is 0 Å². The minimum absolute atomic E-state index is 0.267. The average Bonchev–Trinajstić information content (AvgIpc) is 2.80. The van der Waals surface area contributed by atoms with Gasteiger partial charge in [-0.05, 0) is 25.1 Å². The van der Waals surface area contributed by atoms with E-state index in [9.17, 15) is 4.39 Å². The Balaban J connectivity index is 2.14. The van der Waals surface area contributed by atoms with E-state index in [1.807, 2.05) is 5.38 Å². The van der Waals surface area contributed by atoms with E-state index in [-0.39, 0.29) is 11.9 Å². The van der Waals surface area contributed by atoms with Crippen LogP contribution in [0.15, 0.2) is 29.1 Å². The van der Waals surface area contributed by atoms with Crippen molar-refractivity contribution in [3.63, 3.8) is 0 Å². The fraction of sp³-hybridized carbons (Fsp3) is 0.250. The first-order valence-electron chi connectivity index (χ1n) is 5.21. The summed E-state index contributed by atoms with van der Waals surface area (Å²) in [5.41, 5.74) is 9.04. The summed E-state index contributed by atoms with van der Waals surface area (Å²) in [6.45, 7) is 2.17. The van der Waals surface area contributed by atoms with E-state index in [0.29, 0.717) is 17.9 Å². The number of nitrogens with zero attached hydrogens (tertiary/aromatic N) is 1. The molecule has 1 atom stereocenters. The van der Waals surface area contributed by atoms with Gasteiger partial charge in [0.1, 0.15) is 18.2 Å². The van der Waals surface area contributed by atoms with Crippen LogP contribution in [0.5, 0.6) is 5.75 Å². The zero-order chi connectivity index (χ0) is 12.3. The molecule has 17 heavy (non-hydrogen) atoms. The first kappa shape index (κ1) is 12.0. The number of rotatable bonds is 4. The van der Waals surface area contributed by atoms with Gasteiger partial charge in [-0.3, -0.25) is 0 Å². The van der Waals surface area contributed by atoms with Crippen LogP contribution in [0, 0.1) is 5.82 Å². The van der Waals surface area contributed by atoms with Gasteiger partial charge in [-0.15, -0.1) is 11.3 Å². The van der Waals surface area contributed by atoms with E-state index in [1.165, 1.54) is 23.5 Å². The van der Waals surface area contributed by atoms with Crippen molar-refractivity contribution >= 4 is 11.3 Å². The molecule has 1 aromatic carbocycles. The number of ether oxygens (including phenoxy) is 1. The van der Waals surface area contributed by atoms with Gasteiger partial charge in [0.25, 0.3) is 0 Å². The van der Waals surface area contributed by atoms with E-state index in [1.54, 1.807) is 18.5 Å². The summed E-state index contributed by atoms with van der Waals surface area (Å²) in [5, 5.41) is 1.91. The van der Waals surface area contributed by atoms with Crippen LogP contribution in [0.2, 0.25) is 0 Å². The van der Waals surface area contributed by atoms with E-state index >= 15 is 0 Å². The van der Waals surface area contributed by atoms with Gasteiger partial charge in [-0.2, -0.15) is 0 Å². The fourth-order valence-electron chi connectivity index (χ4n) is 1.47. The molecule has 3 nitrogen and oxygen atoms in total. The predicted octanol–water partition coefficient (Wildman–Crippen LogP) is 2.88. The van der Waals surface area contributed by atoms with Gasteiger partial charge < -0.3 is 10.5 Å². The summed E-state index contributed by atoms with van der Waals surface area (Å²) in [6.07, 6.45) is 0. The maximum atomic E-state index is 13.1. The number of nitrogens with two attached hydrogens (primary N) is 1. The molecule has 0 bridgehead atoms. The van der Waals surface area contributed by atoms with Crippen LogP contribution in [0.25, 0.3) is 0 Å². The number of benzene rings is 1. The molecule has 0 spiro atoms. The molecule has 0 saturated heterocycles. The molecular formula is C12H13FN2OS. The maximum absolute atomic E-state index is 13.1. The Hall–Kier alpha value is -1.46. The summed E-state index contributed by atoms with van der Waals surface area (Å²) in [6, 6.07) is 4.10. The van der Waals surface area contributed by atoms with Crippen LogP contribution in [0.4, 0.5) is 4.39 Å². The SMILES string of the molecule is C[C@H](N)c1cc(F)ccc1OCc1cscn1. The fourth-order valence-corrected chi connectivity index (χ4v) is 2.01. The minimum Gasteiger partial charge on any atom is -0.487 e. The number of halogens is 1. The van der Waals surface area contributed by atoms with Gasteiger partial charge in [0.2, 0.25) is 0 Å². The third-order valence-electron chi connectivity index (χ3n) is 2.32. The third-order valence-corrected chi connectivity index (χ3v) is 2.96. The molecular weight excluding hydrogens is 239 g/mol.